The van der Waals surface area contributed by atoms with Crippen LogP contribution in [0.4, 0.5) is 4.39 Å². The van der Waals surface area contributed by atoms with Crippen molar-refractivity contribution in [2.75, 3.05) is 20.2 Å². The van der Waals surface area contributed by atoms with Crippen LogP contribution in [0.1, 0.15) is 24.8 Å². The van der Waals surface area contributed by atoms with Crippen molar-refractivity contribution < 1.29 is 27.4 Å². The van der Waals surface area contributed by atoms with E-state index in [1.807, 2.05) is 0 Å². The summed E-state index contributed by atoms with van der Waals surface area (Å²) in [6, 6.07) is 2.59. The Morgan fingerprint density at radius 2 is 2.17 bits per heavy atom. The Balaban J connectivity index is 1.99. The van der Waals surface area contributed by atoms with Crippen LogP contribution in [-0.2, 0) is 14.8 Å². The quantitative estimate of drug-likeness (QED) is 0.891. The average Bonchev–Trinajstić information content (AvgIpc) is 3.08. The molecule has 0 aromatic heterocycles. The van der Waals surface area contributed by atoms with Crippen LogP contribution in [0.25, 0.3) is 0 Å². The highest BCUT2D eigenvalue weighted by atomic mass is 32.2. The number of carboxylic acid groups (broad SMARTS) is 1. The third-order valence-electron chi connectivity index (χ3n) is 5.40. The van der Waals surface area contributed by atoms with Gasteiger partial charge in [0, 0.05) is 18.7 Å². The summed E-state index contributed by atoms with van der Waals surface area (Å²) in [6.45, 7) is 1.50. The largest absolute Gasteiger partial charge is 0.494 e. The molecular weight excluding hydrogens is 337 g/mol. The van der Waals surface area contributed by atoms with Gasteiger partial charge in [-0.2, -0.15) is 4.31 Å². The number of hydrogen-bond acceptors (Lipinski definition) is 4. The molecule has 2 aliphatic rings. The summed E-state index contributed by atoms with van der Waals surface area (Å²) in [5, 5.41) is 9.60. The fraction of sp³-hybridized carbons (Fsp3) is 0.562. The molecule has 3 rings (SSSR count). The van der Waals surface area contributed by atoms with E-state index in [4.69, 9.17) is 4.74 Å². The number of halogens is 1. The molecule has 1 aliphatic heterocycles. The number of carbonyl (C=O) groups is 1. The number of carboxylic acids is 1. The summed E-state index contributed by atoms with van der Waals surface area (Å²) < 4.78 is 46.1. The van der Waals surface area contributed by atoms with Crippen molar-refractivity contribution in [2.24, 2.45) is 11.3 Å². The summed E-state index contributed by atoms with van der Waals surface area (Å²) in [5.74, 6) is -1.87. The smallest absolute Gasteiger partial charge is 0.311 e. The SMILES string of the molecule is COc1ccc(S(=O)(=O)N2C[C@@H]3CCC[C@@]3(C(=O)O)C2)c(C)c1F. The van der Waals surface area contributed by atoms with Crippen molar-refractivity contribution in [3.63, 3.8) is 0 Å². The molecule has 0 amide bonds. The van der Waals surface area contributed by atoms with Crippen LogP contribution in [0.5, 0.6) is 5.75 Å². The molecule has 0 spiro atoms. The van der Waals surface area contributed by atoms with Gasteiger partial charge in [0.05, 0.1) is 17.4 Å². The Morgan fingerprint density at radius 3 is 2.75 bits per heavy atom. The topological polar surface area (TPSA) is 83.9 Å². The van der Waals surface area contributed by atoms with Crippen molar-refractivity contribution >= 4 is 16.0 Å². The molecule has 1 saturated carbocycles. The van der Waals surface area contributed by atoms with Gasteiger partial charge in [0.15, 0.2) is 11.6 Å². The van der Waals surface area contributed by atoms with Crippen LogP contribution in [0.2, 0.25) is 0 Å². The third-order valence-corrected chi connectivity index (χ3v) is 7.36. The minimum atomic E-state index is -3.96. The van der Waals surface area contributed by atoms with Crippen molar-refractivity contribution in [3.05, 3.63) is 23.5 Å². The molecule has 1 N–H and O–H groups in total. The molecule has 8 heteroatoms. The van der Waals surface area contributed by atoms with Gasteiger partial charge in [0.2, 0.25) is 10.0 Å². The highest BCUT2D eigenvalue weighted by Gasteiger charge is 2.57. The van der Waals surface area contributed by atoms with E-state index in [1.165, 1.54) is 30.5 Å². The first-order valence-electron chi connectivity index (χ1n) is 7.80. The first kappa shape index (κ1) is 17.2. The molecule has 0 unspecified atom stereocenters. The van der Waals surface area contributed by atoms with E-state index < -0.39 is 27.2 Å². The molecule has 1 heterocycles. The monoisotopic (exact) mass is 357 g/mol. The van der Waals surface area contributed by atoms with Gasteiger partial charge in [-0.25, -0.2) is 12.8 Å². The van der Waals surface area contributed by atoms with Crippen LogP contribution in [0.3, 0.4) is 0 Å². The molecular formula is C16H20FNO5S. The first-order valence-corrected chi connectivity index (χ1v) is 9.24. The second kappa shape index (κ2) is 5.70. The van der Waals surface area contributed by atoms with E-state index in [2.05, 4.69) is 0 Å². The molecule has 1 saturated heterocycles. The number of fused-ring (bicyclic) bond motifs is 1. The van der Waals surface area contributed by atoms with Crippen LogP contribution < -0.4 is 4.74 Å². The van der Waals surface area contributed by atoms with Gasteiger partial charge in [-0.15, -0.1) is 0 Å². The number of aliphatic carboxylic acids is 1. The van der Waals surface area contributed by atoms with E-state index in [0.29, 0.717) is 12.8 Å². The van der Waals surface area contributed by atoms with Crippen molar-refractivity contribution in [3.8, 4) is 5.75 Å². The van der Waals surface area contributed by atoms with E-state index in [-0.39, 0.29) is 35.2 Å². The molecule has 2 fully saturated rings. The minimum Gasteiger partial charge on any atom is -0.494 e. The Hall–Kier alpha value is -1.67. The Labute approximate surface area is 140 Å². The van der Waals surface area contributed by atoms with E-state index in [1.54, 1.807) is 0 Å². The molecule has 0 radical (unpaired) electrons. The number of nitrogens with zero attached hydrogens (tertiary/aromatic N) is 1. The Bertz CT molecular complexity index is 794. The molecule has 132 valence electrons. The number of methoxy groups -OCH3 is 1. The number of sulfonamides is 1. The molecule has 1 aliphatic carbocycles. The second-order valence-electron chi connectivity index (χ2n) is 6.55. The van der Waals surface area contributed by atoms with Crippen molar-refractivity contribution in [1.29, 1.82) is 0 Å². The summed E-state index contributed by atoms with van der Waals surface area (Å²) in [5.41, 5.74) is -1.03. The minimum absolute atomic E-state index is 0.0178. The fourth-order valence-corrected chi connectivity index (χ4v) is 5.77. The van der Waals surface area contributed by atoms with Gasteiger partial charge < -0.3 is 9.84 Å². The summed E-state index contributed by atoms with van der Waals surface area (Å²) in [4.78, 5) is 11.6. The lowest BCUT2D eigenvalue weighted by molar-refractivity contribution is -0.149. The molecule has 2 atom stereocenters. The molecule has 1 aromatic carbocycles. The zero-order chi connectivity index (χ0) is 17.7. The summed E-state index contributed by atoms with van der Waals surface area (Å²) >= 11 is 0. The van der Waals surface area contributed by atoms with Crippen LogP contribution in [0.15, 0.2) is 17.0 Å². The number of hydrogen-bond donors (Lipinski definition) is 1. The zero-order valence-corrected chi connectivity index (χ0v) is 14.4. The maximum absolute atomic E-state index is 14.2. The van der Waals surface area contributed by atoms with E-state index in [9.17, 15) is 22.7 Å². The Morgan fingerprint density at radius 1 is 1.46 bits per heavy atom. The number of rotatable bonds is 4. The van der Waals surface area contributed by atoms with Gasteiger partial charge in [0.1, 0.15) is 0 Å². The van der Waals surface area contributed by atoms with Gasteiger partial charge >= 0.3 is 5.97 Å². The third kappa shape index (κ3) is 2.31. The van der Waals surface area contributed by atoms with E-state index in [0.717, 1.165) is 6.42 Å². The summed E-state index contributed by atoms with van der Waals surface area (Å²) in [7, 11) is -2.65. The molecule has 1 aromatic rings. The number of benzene rings is 1. The maximum atomic E-state index is 14.2. The lowest BCUT2D eigenvalue weighted by Gasteiger charge is -2.23. The van der Waals surface area contributed by atoms with Crippen LogP contribution in [-0.4, -0.2) is 44.0 Å². The van der Waals surface area contributed by atoms with Gasteiger partial charge in [-0.1, -0.05) is 6.42 Å². The number of ether oxygens (including phenoxy) is 1. The highest BCUT2D eigenvalue weighted by Crippen LogP contribution is 2.50. The highest BCUT2D eigenvalue weighted by molar-refractivity contribution is 7.89. The van der Waals surface area contributed by atoms with Crippen molar-refractivity contribution in [1.82, 2.24) is 4.31 Å². The van der Waals surface area contributed by atoms with Gasteiger partial charge in [0.25, 0.3) is 0 Å². The molecule has 0 bridgehead atoms. The lowest BCUT2D eigenvalue weighted by Crippen LogP contribution is -2.37. The molecule has 24 heavy (non-hydrogen) atoms. The molecule has 6 nitrogen and oxygen atoms in total. The van der Waals surface area contributed by atoms with Crippen LogP contribution in [0, 0.1) is 24.1 Å². The second-order valence-corrected chi connectivity index (χ2v) is 8.46. The van der Waals surface area contributed by atoms with Crippen molar-refractivity contribution in [2.45, 2.75) is 31.1 Å². The summed E-state index contributed by atoms with van der Waals surface area (Å²) in [6.07, 6.45) is 1.98. The predicted octanol–water partition coefficient (Wildman–Crippen LogP) is 2.02. The van der Waals surface area contributed by atoms with Gasteiger partial charge in [-0.05, 0) is 37.8 Å². The fourth-order valence-electron chi connectivity index (χ4n) is 3.99. The first-order chi connectivity index (χ1) is 11.2. The van der Waals surface area contributed by atoms with Gasteiger partial charge in [-0.3, -0.25) is 4.79 Å². The average molecular weight is 357 g/mol. The maximum Gasteiger partial charge on any atom is 0.311 e. The van der Waals surface area contributed by atoms with E-state index >= 15 is 0 Å². The van der Waals surface area contributed by atoms with Crippen LogP contribution >= 0.6 is 0 Å². The standard InChI is InChI=1S/C16H20FNO5S/c1-10-13(6-5-12(23-2)14(10)17)24(21,22)18-8-11-4-3-7-16(11,9-18)15(19)20/h5-6,11H,3-4,7-9H2,1-2H3,(H,19,20)/t11-,16+/m0/s1. The zero-order valence-electron chi connectivity index (χ0n) is 13.6. The Kier molecular flexibility index (Phi) is 4.08. The lowest BCUT2D eigenvalue weighted by atomic mass is 9.81. The predicted molar refractivity (Wildman–Crippen MR) is 83.9 cm³/mol. The normalized spacial score (nSPS) is 27.2.